The number of hydrogen-bond donors (Lipinski definition) is 0. The van der Waals surface area contributed by atoms with Gasteiger partial charge in [0.1, 0.15) is 0 Å². The molecule has 0 radical (unpaired) electrons. The Hall–Kier alpha value is -1.30. The van der Waals surface area contributed by atoms with Crippen molar-refractivity contribution in [2.75, 3.05) is 0 Å². The molecule has 0 bridgehead atoms. The van der Waals surface area contributed by atoms with E-state index >= 15 is 0 Å². The molecule has 0 aromatic rings. The fourth-order valence-electron chi connectivity index (χ4n) is 1.38. The second kappa shape index (κ2) is 5.55. The van der Waals surface area contributed by atoms with Crippen LogP contribution in [0.15, 0.2) is 60.3 Å². The van der Waals surface area contributed by atoms with Gasteiger partial charge in [0.05, 0.1) is 0 Å². The first-order valence-corrected chi connectivity index (χ1v) is 5.53. The van der Waals surface area contributed by atoms with Gasteiger partial charge < -0.3 is 0 Å². The molecular formula is C15H20. The Kier molecular flexibility index (Phi) is 4.36. The zero-order valence-corrected chi connectivity index (χ0v) is 9.79. The lowest BCUT2D eigenvalue weighted by molar-refractivity contribution is 0.795. The molecule has 0 N–H and O–H groups in total. The molecule has 1 rings (SSSR count). The SMILES string of the molecule is C=C(/C=C\C(=C)C(C)C)C1=CC=CCC1. The van der Waals surface area contributed by atoms with Gasteiger partial charge in [-0.1, -0.05) is 63.0 Å². The molecule has 1 aliphatic rings. The molecule has 0 nitrogen and oxygen atoms in total. The summed E-state index contributed by atoms with van der Waals surface area (Å²) in [7, 11) is 0. The molecule has 0 heterocycles. The van der Waals surface area contributed by atoms with E-state index in [1.54, 1.807) is 0 Å². The maximum atomic E-state index is 4.08. The Morgan fingerprint density at radius 3 is 2.60 bits per heavy atom. The molecule has 15 heavy (non-hydrogen) atoms. The van der Waals surface area contributed by atoms with Gasteiger partial charge in [-0.2, -0.15) is 0 Å². The quantitative estimate of drug-likeness (QED) is 0.582. The lowest BCUT2D eigenvalue weighted by Gasteiger charge is -2.09. The average molecular weight is 200 g/mol. The summed E-state index contributed by atoms with van der Waals surface area (Å²) in [4.78, 5) is 0. The highest BCUT2D eigenvalue weighted by Crippen LogP contribution is 2.20. The van der Waals surface area contributed by atoms with E-state index in [-0.39, 0.29) is 0 Å². The Balaban J connectivity index is 2.59. The van der Waals surface area contributed by atoms with Crippen molar-refractivity contribution >= 4 is 0 Å². The summed E-state index contributed by atoms with van der Waals surface area (Å²) < 4.78 is 0. The Morgan fingerprint density at radius 2 is 2.07 bits per heavy atom. The van der Waals surface area contributed by atoms with Crippen LogP contribution in [0.3, 0.4) is 0 Å². The van der Waals surface area contributed by atoms with Gasteiger partial charge in [-0.25, -0.2) is 0 Å². The maximum absolute atomic E-state index is 4.08. The second-order valence-corrected chi connectivity index (χ2v) is 4.25. The van der Waals surface area contributed by atoms with Gasteiger partial charge in [0.25, 0.3) is 0 Å². The summed E-state index contributed by atoms with van der Waals surface area (Å²) >= 11 is 0. The number of allylic oxidation sites excluding steroid dienone is 8. The first-order chi connectivity index (χ1) is 7.11. The van der Waals surface area contributed by atoms with E-state index in [9.17, 15) is 0 Å². The summed E-state index contributed by atoms with van der Waals surface area (Å²) in [6.07, 6.45) is 12.8. The predicted octanol–water partition coefficient (Wildman–Crippen LogP) is 4.59. The molecule has 0 aromatic heterocycles. The zero-order valence-electron chi connectivity index (χ0n) is 9.79. The van der Waals surface area contributed by atoms with E-state index in [0.29, 0.717) is 5.92 Å². The Labute approximate surface area is 93.4 Å². The molecule has 0 atom stereocenters. The number of rotatable bonds is 4. The van der Waals surface area contributed by atoms with Gasteiger partial charge in [-0.3, -0.25) is 0 Å². The molecule has 0 saturated heterocycles. The molecule has 0 aliphatic heterocycles. The summed E-state index contributed by atoms with van der Waals surface area (Å²) in [5.74, 6) is 0.509. The van der Waals surface area contributed by atoms with Crippen molar-refractivity contribution in [3.8, 4) is 0 Å². The predicted molar refractivity (Wildman–Crippen MR) is 68.7 cm³/mol. The molecule has 0 unspecified atom stereocenters. The molecule has 1 aliphatic carbocycles. The summed E-state index contributed by atoms with van der Waals surface area (Å²) in [5.41, 5.74) is 3.61. The van der Waals surface area contributed by atoms with Crippen LogP contribution in [0.5, 0.6) is 0 Å². The topological polar surface area (TPSA) is 0 Å². The minimum Gasteiger partial charge on any atom is -0.0956 e. The molecule has 0 amide bonds. The van der Waals surface area contributed by atoms with Crippen LogP contribution in [-0.4, -0.2) is 0 Å². The van der Waals surface area contributed by atoms with Crippen molar-refractivity contribution < 1.29 is 0 Å². The highest BCUT2D eigenvalue weighted by molar-refractivity contribution is 5.42. The van der Waals surface area contributed by atoms with Crippen molar-refractivity contribution in [2.45, 2.75) is 26.7 Å². The largest absolute Gasteiger partial charge is 0.0956 e. The molecule has 0 fully saturated rings. The molecule has 0 saturated carbocycles. The van der Waals surface area contributed by atoms with Crippen molar-refractivity contribution in [1.29, 1.82) is 0 Å². The monoisotopic (exact) mass is 200 g/mol. The third-order valence-electron chi connectivity index (χ3n) is 2.67. The van der Waals surface area contributed by atoms with Crippen LogP contribution in [-0.2, 0) is 0 Å². The fraction of sp³-hybridized carbons (Fsp3) is 0.333. The van der Waals surface area contributed by atoms with E-state index in [4.69, 9.17) is 0 Å². The van der Waals surface area contributed by atoms with Gasteiger partial charge in [-0.15, -0.1) is 0 Å². The second-order valence-electron chi connectivity index (χ2n) is 4.25. The van der Waals surface area contributed by atoms with E-state index in [1.807, 2.05) is 0 Å². The fourth-order valence-corrected chi connectivity index (χ4v) is 1.38. The summed E-state index contributed by atoms with van der Waals surface area (Å²) in [5, 5.41) is 0. The van der Waals surface area contributed by atoms with Crippen LogP contribution in [0.25, 0.3) is 0 Å². The lowest BCUT2D eigenvalue weighted by atomic mass is 9.96. The van der Waals surface area contributed by atoms with Gasteiger partial charge in [0.15, 0.2) is 0 Å². The van der Waals surface area contributed by atoms with Crippen LogP contribution in [0.1, 0.15) is 26.7 Å². The van der Waals surface area contributed by atoms with Crippen LogP contribution < -0.4 is 0 Å². The van der Waals surface area contributed by atoms with Gasteiger partial charge in [0, 0.05) is 0 Å². The van der Waals surface area contributed by atoms with Crippen molar-refractivity contribution in [2.24, 2.45) is 5.92 Å². The van der Waals surface area contributed by atoms with Gasteiger partial charge in [-0.05, 0) is 29.9 Å². The van der Waals surface area contributed by atoms with Crippen molar-refractivity contribution in [1.82, 2.24) is 0 Å². The van der Waals surface area contributed by atoms with Crippen LogP contribution in [0.4, 0.5) is 0 Å². The van der Waals surface area contributed by atoms with E-state index in [1.165, 1.54) is 5.57 Å². The summed E-state index contributed by atoms with van der Waals surface area (Å²) in [6.45, 7) is 12.4. The lowest BCUT2D eigenvalue weighted by Crippen LogP contribution is -1.91. The van der Waals surface area contributed by atoms with E-state index in [0.717, 1.165) is 24.0 Å². The van der Waals surface area contributed by atoms with Crippen molar-refractivity contribution in [3.05, 3.63) is 60.3 Å². The first-order valence-electron chi connectivity index (χ1n) is 5.53. The Morgan fingerprint density at radius 1 is 1.33 bits per heavy atom. The molecule has 0 heteroatoms. The van der Waals surface area contributed by atoms with Gasteiger partial charge in [0.2, 0.25) is 0 Å². The van der Waals surface area contributed by atoms with Crippen LogP contribution in [0.2, 0.25) is 0 Å². The normalized spacial score (nSPS) is 15.8. The highest BCUT2D eigenvalue weighted by Gasteiger charge is 2.01. The van der Waals surface area contributed by atoms with Gasteiger partial charge >= 0.3 is 0 Å². The minimum absolute atomic E-state index is 0.509. The van der Waals surface area contributed by atoms with E-state index in [2.05, 4.69) is 57.4 Å². The zero-order chi connectivity index (χ0) is 11.3. The maximum Gasteiger partial charge on any atom is -0.0225 e. The van der Waals surface area contributed by atoms with E-state index < -0.39 is 0 Å². The molecule has 80 valence electrons. The van der Waals surface area contributed by atoms with Crippen LogP contribution in [0, 0.1) is 5.92 Å². The average Bonchev–Trinajstić information content (AvgIpc) is 2.26. The molecule has 0 spiro atoms. The number of hydrogen-bond acceptors (Lipinski definition) is 0. The standard InChI is InChI=1S/C15H20/c1-12(2)13(3)10-11-14(4)15-8-6-5-7-9-15/h5-6,8,10-12H,3-4,7,9H2,1-2H3/b11-10-. The third kappa shape index (κ3) is 3.75. The molecule has 0 aromatic carbocycles. The van der Waals surface area contributed by atoms with Crippen LogP contribution >= 0.6 is 0 Å². The Bertz CT molecular complexity index is 335. The highest BCUT2D eigenvalue weighted by atomic mass is 14.1. The smallest absolute Gasteiger partial charge is 0.0225 e. The van der Waals surface area contributed by atoms with Crippen molar-refractivity contribution in [3.63, 3.8) is 0 Å². The molecular weight excluding hydrogens is 180 g/mol. The first kappa shape index (κ1) is 11.8. The minimum atomic E-state index is 0.509. The third-order valence-corrected chi connectivity index (χ3v) is 2.67. The summed E-state index contributed by atoms with van der Waals surface area (Å²) in [6, 6.07) is 0.